The van der Waals surface area contributed by atoms with Gasteiger partial charge in [-0.3, -0.25) is 0 Å². The van der Waals surface area contributed by atoms with Gasteiger partial charge in [-0.1, -0.05) is 13.8 Å². The van der Waals surface area contributed by atoms with Crippen LogP contribution in [0.1, 0.15) is 41.0 Å². The number of hydrogen-bond donors (Lipinski definition) is 2. The second kappa shape index (κ2) is 5.10. The van der Waals surface area contributed by atoms with Gasteiger partial charge < -0.3 is 15.2 Å². The van der Waals surface area contributed by atoms with Gasteiger partial charge in [-0.15, -0.1) is 0 Å². The molecule has 86 valence electrons. The Hall–Kier alpha value is -0.120. The summed E-state index contributed by atoms with van der Waals surface area (Å²) in [6.45, 7) is 10.4. The number of nitrogens with one attached hydrogen (secondary N) is 1. The topological polar surface area (TPSA) is 41.5 Å². The molecule has 0 rings (SSSR count). The summed E-state index contributed by atoms with van der Waals surface area (Å²) in [5.74, 6) is 0. The Morgan fingerprint density at radius 1 is 1.29 bits per heavy atom. The second-order valence-corrected chi connectivity index (χ2v) is 5.16. The standard InChI is InChI=1S/C11H25NO2/c1-9(2)12-11(5,8-13)7-10(3,4)14-6/h9,12-13H,7-8H2,1-6H3. The van der Waals surface area contributed by atoms with Crippen molar-refractivity contribution in [2.45, 2.75) is 58.2 Å². The van der Waals surface area contributed by atoms with Crippen LogP contribution in [0.5, 0.6) is 0 Å². The Labute approximate surface area is 87.8 Å². The van der Waals surface area contributed by atoms with Gasteiger partial charge in [0, 0.05) is 18.7 Å². The first-order chi connectivity index (χ1) is 6.24. The highest BCUT2D eigenvalue weighted by Crippen LogP contribution is 2.23. The van der Waals surface area contributed by atoms with Gasteiger partial charge in [-0.25, -0.2) is 0 Å². The van der Waals surface area contributed by atoms with Crippen LogP contribution in [0.25, 0.3) is 0 Å². The third-order valence-corrected chi connectivity index (χ3v) is 2.35. The van der Waals surface area contributed by atoms with Gasteiger partial charge in [-0.05, 0) is 27.2 Å². The molecule has 0 aromatic carbocycles. The first-order valence-electron chi connectivity index (χ1n) is 5.18. The van der Waals surface area contributed by atoms with Crippen LogP contribution in [0, 0.1) is 0 Å². The maximum atomic E-state index is 9.37. The molecule has 3 nitrogen and oxygen atoms in total. The summed E-state index contributed by atoms with van der Waals surface area (Å²) < 4.78 is 5.37. The van der Waals surface area contributed by atoms with E-state index in [1.54, 1.807) is 7.11 Å². The average Bonchev–Trinajstić information content (AvgIpc) is 2.02. The molecular weight excluding hydrogens is 178 g/mol. The van der Waals surface area contributed by atoms with Crippen LogP contribution in [0.15, 0.2) is 0 Å². The molecule has 0 aliphatic rings. The van der Waals surface area contributed by atoms with Gasteiger partial charge in [0.1, 0.15) is 0 Å². The molecule has 0 aromatic heterocycles. The normalized spacial score (nSPS) is 17.1. The lowest BCUT2D eigenvalue weighted by atomic mass is 9.87. The lowest BCUT2D eigenvalue weighted by molar-refractivity contribution is -0.0177. The molecule has 0 spiro atoms. The zero-order chi connectivity index (χ0) is 11.4. The monoisotopic (exact) mass is 203 g/mol. The van der Waals surface area contributed by atoms with Crippen molar-refractivity contribution in [3.05, 3.63) is 0 Å². The Balaban J connectivity index is 4.39. The molecule has 14 heavy (non-hydrogen) atoms. The van der Waals surface area contributed by atoms with E-state index in [-0.39, 0.29) is 17.7 Å². The van der Waals surface area contributed by atoms with Crippen molar-refractivity contribution in [1.82, 2.24) is 5.32 Å². The van der Waals surface area contributed by atoms with E-state index < -0.39 is 0 Å². The smallest absolute Gasteiger partial charge is 0.0641 e. The minimum absolute atomic E-state index is 0.123. The van der Waals surface area contributed by atoms with Crippen LogP contribution in [-0.2, 0) is 4.74 Å². The van der Waals surface area contributed by atoms with Crippen molar-refractivity contribution in [3.63, 3.8) is 0 Å². The summed E-state index contributed by atoms with van der Waals surface area (Å²) in [6, 6.07) is 0.361. The molecule has 0 fully saturated rings. The minimum Gasteiger partial charge on any atom is -0.394 e. The van der Waals surface area contributed by atoms with Crippen molar-refractivity contribution in [1.29, 1.82) is 0 Å². The largest absolute Gasteiger partial charge is 0.394 e. The molecule has 0 amide bonds. The molecule has 0 aromatic rings. The van der Waals surface area contributed by atoms with Crippen LogP contribution in [0.2, 0.25) is 0 Å². The lowest BCUT2D eigenvalue weighted by Crippen LogP contribution is -2.53. The molecule has 3 heteroatoms. The van der Waals surface area contributed by atoms with Crippen LogP contribution in [-0.4, -0.2) is 36.0 Å². The van der Waals surface area contributed by atoms with Crippen molar-refractivity contribution < 1.29 is 9.84 Å². The summed E-state index contributed by atoms with van der Waals surface area (Å²) in [5, 5.41) is 12.7. The Morgan fingerprint density at radius 2 is 1.79 bits per heavy atom. The second-order valence-electron chi connectivity index (χ2n) is 5.16. The van der Waals surface area contributed by atoms with Crippen LogP contribution < -0.4 is 5.32 Å². The predicted octanol–water partition coefficient (Wildman–Crippen LogP) is 1.55. The van der Waals surface area contributed by atoms with Gasteiger partial charge in [-0.2, -0.15) is 0 Å². The first-order valence-corrected chi connectivity index (χ1v) is 5.18. The van der Waals surface area contributed by atoms with E-state index in [1.807, 2.05) is 20.8 Å². The maximum absolute atomic E-state index is 9.37. The number of ether oxygens (including phenoxy) is 1. The molecule has 0 aliphatic carbocycles. The van der Waals surface area contributed by atoms with Gasteiger partial charge in [0.25, 0.3) is 0 Å². The fourth-order valence-corrected chi connectivity index (χ4v) is 1.86. The Morgan fingerprint density at radius 3 is 2.07 bits per heavy atom. The highest BCUT2D eigenvalue weighted by Gasteiger charge is 2.32. The van der Waals surface area contributed by atoms with Crippen molar-refractivity contribution >= 4 is 0 Å². The first kappa shape index (κ1) is 13.9. The summed E-state index contributed by atoms with van der Waals surface area (Å²) in [7, 11) is 1.70. The molecule has 0 heterocycles. The molecule has 1 atom stereocenters. The molecule has 1 unspecified atom stereocenters. The molecule has 0 saturated heterocycles. The van der Waals surface area contributed by atoms with Crippen LogP contribution in [0.4, 0.5) is 0 Å². The van der Waals surface area contributed by atoms with E-state index in [9.17, 15) is 5.11 Å². The summed E-state index contributed by atoms with van der Waals surface area (Å²) in [6.07, 6.45) is 0.783. The summed E-state index contributed by atoms with van der Waals surface area (Å²) in [4.78, 5) is 0. The number of methoxy groups -OCH3 is 1. The predicted molar refractivity (Wildman–Crippen MR) is 59.5 cm³/mol. The van der Waals surface area contributed by atoms with E-state index in [1.165, 1.54) is 0 Å². The van der Waals surface area contributed by atoms with E-state index in [4.69, 9.17) is 4.74 Å². The summed E-state index contributed by atoms with van der Waals surface area (Å²) >= 11 is 0. The highest BCUT2D eigenvalue weighted by atomic mass is 16.5. The highest BCUT2D eigenvalue weighted by molar-refractivity contribution is 4.90. The summed E-state index contributed by atoms with van der Waals surface area (Å²) in [5.41, 5.74) is -0.479. The van der Waals surface area contributed by atoms with Gasteiger partial charge in [0.2, 0.25) is 0 Å². The minimum atomic E-state index is -0.270. The lowest BCUT2D eigenvalue weighted by Gasteiger charge is -2.37. The third kappa shape index (κ3) is 4.94. The molecule has 2 N–H and O–H groups in total. The quantitative estimate of drug-likeness (QED) is 0.688. The molecule has 0 radical (unpaired) electrons. The zero-order valence-electron chi connectivity index (χ0n) is 10.3. The van der Waals surface area contributed by atoms with Crippen molar-refractivity contribution in [2.75, 3.05) is 13.7 Å². The fraction of sp³-hybridized carbons (Fsp3) is 1.00. The van der Waals surface area contributed by atoms with Gasteiger partial charge in [0.05, 0.1) is 12.2 Å². The maximum Gasteiger partial charge on any atom is 0.0641 e. The van der Waals surface area contributed by atoms with E-state index in [0.29, 0.717) is 6.04 Å². The number of rotatable bonds is 6. The third-order valence-electron chi connectivity index (χ3n) is 2.35. The number of aliphatic hydroxyl groups is 1. The molecule has 0 bridgehead atoms. The average molecular weight is 203 g/mol. The van der Waals surface area contributed by atoms with Crippen molar-refractivity contribution in [2.24, 2.45) is 0 Å². The molecule has 0 aliphatic heterocycles. The Kier molecular flexibility index (Phi) is 5.06. The van der Waals surface area contributed by atoms with Gasteiger partial charge >= 0.3 is 0 Å². The number of aliphatic hydroxyl groups excluding tert-OH is 1. The fourth-order valence-electron chi connectivity index (χ4n) is 1.86. The van der Waals surface area contributed by atoms with E-state index in [2.05, 4.69) is 19.2 Å². The van der Waals surface area contributed by atoms with Crippen molar-refractivity contribution in [3.8, 4) is 0 Å². The van der Waals surface area contributed by atoms with E-state index in [0.717, 1.165) is 6.42 Å². The van der Waals surface area contributed by atoms with Crippen LogP contribution >= 0.6 is 0 Å². The van der Waals surface area contributed by atoms with E-state index >= 15 is 0 Å². The molecular formula is C11H25NO2. The SMILES string of the molecule is COC(C)(C)CC(C)(CO)NC(C)C. The van der Waals surface area contributed by atoms with Gasteiger partial charge in [0.15, 0.2) is 0 Å². The molecule has 0 saturated carbocycles. The van der Waals surface area contributed by atoms with Crippen LogP contribution in [0.3, 0.4) is 0 Å². The zero-order valence-corrected chi connectivity index (χ0v) is 10.3. The Bertz CT molecular complexity index is 169. The number of hydrogen-bond acceptors (Lipinski definition) is 3.